The SMILES string of the molecule is CCCCCCCCCCCCCC/C=C\CCCCCCCCCCCCC(=O)NC(COP(=O)(O)OCC[N+](C)(C)C)C(O)/C=C/CC/C=C/CCCCCCCCCCCCCCCCCCCCC. The molecule has 0 saturated heterocycles. The quantitative estimate of drug-likeness (QED) is 0.0243. The normalized spacial score (nSPS) is 14.0. The Labute approximate surface area is 455 Å². The van der Waals surface area contributed by atoms with Gasteiger partial charge in [-0.25, -0.2) is 4.57 Å². The molecule has 432 valence electrons. The largest absolute Gasteiger partial charge is 0.472 e. The maximum absolute atomic E-state index is 13.0. The van der Waals surface area contributed by atoms with Crippen molar-refractivity contribution >= 4 is 13.7 Å². The molecule has 0 bridgehead atoms. The average Bonchev–Trinajstić information content (AvgIpc) is 3.35. The number of nitrogens with zero attached hydrogens (tertiary/aromatic N) is 1. The molecule has 8 nitrogen and oxygen atoms in total. The van der Waals surface area contributed by atoms with E-state index in [1.54, 1.807) is 6.08 Å². The maximum Gasteiger partial charge on any atom is 0.472 e. The number of unbranched alkanes of at least 4 members (excludes halogenated alkanes) is 42. The number of rotatable bonds is 59. The number of hydrogen-bond donors (Lipinski definition) is 3. The number of amides is 1. The Hall–Kier alpha value is -1.28. The lowest BCUT2D eigenvalue weighted by Crippen LogP contribution is -2.45. The van der Waals surface area contributed by atoms with Crippen LogP contribution in [-0.2, 0) is 18.4 Å². The van der Waals surface area contributed by atoms with Gasteiger partial charge in [0.2, 0.25) is 5.91 Å². The second kappa shape index (κ2) is 55.5. The van der Waals surface area contributed by atoms with Gasteiger partial charge in [-0.2, -0.15) is 0 Å². The fourth-order valence-electron chi connectivity index (χ4n) is 9.59. The van der Waals surface area contributed by atoms with E-state index in [9.17, 15) is 19.4 Å². The molecular formula is C64H126N2O6P+. The standard InChI is InChI=1S/C64H125N2O6P/c1-6-8-10-12-14-16-18-20-22-24-26-28-30-32-34-36-38-40-42-44-46-48-50-52-54-56-58-64(68)65-62(61-72-73(69,70)71-60-59-66(3,4)5)63(67)57-55-53-51-49-47-45-43-41-39-37-35-33-31-29-27-25-23-21-19-17-15-13-11-9-7-2/h32,34,47,49,55,57,62-63,67H,6-31,33,35-46,48,50-54,56,58-61H2,1-5H3,(H-,65,68,69,70)/p+1/b34-32-,49-47+,57-55+. The van der Waals surface area contributed by atoms with E-state index in [4.69, 9.17) is 9.05 Å². The van der Waals surface area contributed by atoms with Crippen molar-refractivity contribution in [3.63, 3.8) is 0 Å². The van der Waals surface area contributed by atoms with E-state index in [0.29, 0.717) is 17.4 Å². The van der Waals surface area contributed by atoms with Gasteiger partial charge in [0.05, 0.1) is 39.9 Å². The molecule has 0 aliphatic heterocycles. The fraction of sp³-hybridized carbons (Fsp3) is 0.891. The number of allylic oxidation sites excluding steroid dienone is 5. The van der Waals surface area contributed by atoms with Crippen LogP contribution in [0.25, 0.3) is 0 Å². The van der Waals surface area contributed by atoms with Crippen molar-refractivity contribution in [2.75, 3.05) is 40.9 Å². The highest BCUT2D eigenvalue weighted by molar-refractivity contribution is 7.47. The van der Waals surface area contributed by atoms with Gasteiger partial charge in [-0.3, -0.25) is 13.8 Å². The van der Waals surface area contributed by atoms with Gasteiger partial charge >= 0.3 is 7.82 Å². The van der Waals surface area contributed by atoms with Crippen LogP contribution in [0.5, 0.6) is 0 Å². The number of likely N-dealkylation sites (N-methyl/N-ethyl adjacent to an activating group) is 1. The van der Waals surface area contributed by atoms with Crippen LogP contribution in [0.4, 0.5) is 0 Å². The first kappa shape index (κ1) is 71.7. The zero-order valence-electron chi connectivity index (χ0n) is 49.4. The number of aliphatic hydroxyl groups excluding tert-OH is 1. The maximum atomic E-state index is 13.0. The lowest BCUT2D eigenvalue weighted by Gasteiger charge is -2.25. The van der Waals surface area contributed by atoms with Crippen molar-refractivity contribution in [1.29, 1.82) is 0 Å². The smallest absolute Gasteiger partial charge is 0.387 e. The van der Waals surface area contributed by atoms with E-state index in [-0.39, 0.29) is 19.1 Å². The van der Waals surface area contributed by atoms with Crippen molar-refractivity contribution in [3.05, 3.63) is 36.5 Å². The summed E-state index contributed by atoms with van der Waals surface area (Å²) in [7, 11) is 1.56. The van der Waals surface area contributed by atoms with Crippen molar-refractivity contribution in [3.8, 4) is 0 Å². The second-order valence-electron chi connectivity index (χ2n) is 23.1. The van der Waals surface area contributed by atoms with Crippen LogP contribution in [-0.4, -0.2) is 73.4 Å². The summed E-state index contributed by atoms with van der Waals surface area (Å²) in [5, 5.41) is 14.0. The Bertz CT molecular complexity index is 1280. The fourth-order valence-corrected chi connectivity index (χ4v) is 10.3. The molecule has 3 atom stereocenters. The van der Waals surface area contributed by atoms with Crippen molar-refractivity contribution in [2.24, 2.45) is 0 Å². The summed E-state index contributed by atoms with van der Waals surface area (Å²) in [5.74, 6) is -0.184. The van der Waals surface area contributed by atoms with Crippen LogP contribution < -0.4 is 5.32 Å². The Kier molecular flexibility index (Phi) is 54.5. The number of carbonyl (C=O) groups excluding carboxylic acids is 1. The summed E-state index contributed by atoms with van der Waals surface area (Å²) < 4.78 is 23.8. The number of carbonyl (C=O) groups is 1. The van der Waals surface area contributed by atoms with E-state index in [2.05, 4.69) is 43.5 Å². The van der Waals surface area contributed by atoms with Gasteiger partial charge in [-0.05, 0) is 57.8 Å². The van der Waals surface area contributed by atoms with Crippen LogP contribution in [0.2, 0.25) is 0 Å². The number of phosphoric ester groups is 1. The average molecular weight is 1050 g/mol. The Morgan fingerprint density at radius 3 is 1.10 bits per heavy atom. The minimum Gasteiger partial charge on any atom is -0.387 e. The number of hydrogen-bond acceptors (Lipinski definition) is 5. The Morgan fingerprint density at radius 2 is 0.753 bits per heavy atom. The number of nitrogens with one attached hydrogen (secondary N) is 1. The third-order valence-electron chi connectivity index (χ3n) is 14.6. The van der Waals surface area contributed by atoms with Crippen LogP contribution in [0.3, 0.4) is 0 Å². The molecule has 3 N–H and O–H groups in total. The highest BCUT2D eigenvalue weighted by atomic mass is 31.2. The van der Waals surface area contributed by atoms with Gasteiger partial charge in [0.25, 0.3) is 0 Å². The molecule has 0 fully saturated rings. The molecule has 0 aliphatic rings. The van der Waals surface area contributed by atoms with Gasteiger partial charge in [0.15, 0.2) is 0 Å². The van der Waals surface area contributed by atoms with E-state index < -0.39 is 20.0 Å². The molecule has 3 unspecified atom stereocenters. The highest BCUT2D eigenvalue weighted by Gasteiger charge is 2.27. The summed E-state index contributed by atoms with van der Waals surface area (Å²) in [5.41, 5.74) is 0. The third kappa shape index (κ3) is 58.2. The van der Waals surface area contributed by atoms with Crippen LogP contribution in [0, 0.1) is 0 Å². The van der Waals surface area contributed by atoms with E-state index in [1.165, 1.54) is 257 Å². The summed E-state index contributed by atoms with van der Waals surface area (Å²) in [6.45, 7) is 4.84. The van der Waals surface area contributed by atoms with E-state index >= 15 is 0 Å². The van der Waals surface area contributed by atoms with Crippen LogP contribution in [0.1, 0.15) is 316 Å². The predicted octanol–water partition coefficient (Wildman–Crippen LogP) is 19.7. The molecule has 0 heterocycles. The second-order valence-corrected chi connectivity index (χ2v) is 24.6. The Balaban J connectivity index is 4.17. The molecule has 9 heteroatoms. The topological polar surface area (TPSA) is 105 Å². The first-order chi connectivity index (χ1) is 35.5. The molecular weight excluding hydrogens is 924 g/mol. The highest BCUT2D eigenvalue weighted by Crippen LogP contribution is 2.43. The van der Waals surface area contributed by atoms with Gasteiger partial charge in [-0.1, -0.05) is 288 Å². The zero-order valence-corrected chi connectivity index (χ0v) is 50.3. The molecule has 1 amide bonds. The lowest BCUT2D eigenvalue weighted by atomic mass is 10.0. The molecule has 0 aromatic carbocycles. The molecule has 0 spiro atoms. The summed E-state index contributed by atoms with van der Waals surface area (Å²) in [4.78, 5) is 23.4. The van der Waals surface area contributed by atoms with Gasteiger partial charge in [0, 0.05) is 6.42 Å². The van der Waals surface area contributed by atoms with Crippen molar-refractivity contribution in [2.45, 2.75) is 328 Å². The molecule has 73 heavy (non-hydrogen) atoms. The van der Waals surface area contributed by atoms with Crippen LogP contribution >= 0.6 is 7.82 Å². The lowest BCUT2D eigenvalue weighted by molar-refractivity contribution is -0.870. The summed E-state index contributed by atoms with van der Waals surface area (Å²) in [6.07, 6.45) is 72.7. The summed E-state index contributed by atoms with van der Waals surface area (Å²) >= 11 is 0. The number of phosphoric acid groups is 1. The monoisotopic (exact) mass is 1050 g/mol. The number of aliphatic hydroxyl groups is 1. The Morgan fingerprint density at radius 1 is 0.452 bits per heavy atom. The van der Waals surface area contributed by atoms with E-state index in [0.717, 1.165) is 38.5 Å². The molecule has 0 rings (SSSR count). The molecule has 0 saturated carbocycles. The first-order valence-corrected chi connectivity index (χ1v) is 33.4. The molecule has 0 aromatic rings. The zero-order chi connectivity index (χ0) is 53.5. The van der Waals surface area contributed by atoms with Gasteiger partial charge in [-0.15, -0.1) is 0 Å². The van der Waals surface area contributed by atoms with Gasteiger partial charge in [0.1, 0.15) is 13.2 Å². The third-order valence-corrected chi connectivity index (χ3v) is 15.6. The van der Waals surface area contributed by atoms with Crippen molar-refractivity contribution in [1.82, 2.24) is 5.32 Å². The van der Waals surface area contributed by atoms with Crippen molar-refractivity contribution < 1.29 is 32.9 Å². The van der Waals surface area contributed by atoms with Crippen LogP contribution in [0.15, 0.2) is 36.5 Å². The molecule has 0 aliphatic carbocycles. The van der Waals surface area contributed by atoms with Gasteiger partial charge < -0.3 is 19.8 Å². The minimum absolute atomic E-state index is 0.0568. The predicted molar refractivity (Wildman–Crippen MR) is 318 cm³/mol. The van der Waals surface area contributed by atoms with E-state index in [1.807, 2.05) is 27.2 Å². The summed E-state index contributed by atoms with van der Waals surface area (Å²) in [6, 6.07) is -0.865. The molecule has 0 radical (unpaired) electrons. The number of quaternary nitrogens is 1. The minimum atomic E-state index is -4.36. The molecule has 0 aromatic heterocycles. The first-order valence-electron chi connectivity index (χ1n) is 31.9.